The highest BCUT2D eigenvalue weighted by Crippen LogP contribution is 2.14. The van der Waals surface area contributed by atoms with E-state index in [2.05, 4.69) is 5.10 Å². The van der Waals surface area contributed by atoms with Crippen LogP contribution in [0.3, 0.4) is 0 Å². The van der Waals surface area contributed by atoms with Crippen LogP contribution in [-0.4, -0.2) is 57.5 Å². The molecule has 1 fully saturated rings. The molecule has 0 aliphatic carbocycles. The van der Waals surface area contributed by atoms with Crippen LogP contribution in [0.2, 0.25) is 0 Å². The van der Waals surface area contributed by atoms with E-state index in [0.717, 1.165) is 0 Å². The second-order valence-corrected chi connectivity index (χ2v) is 5.05. The van der Waals surface area contributed by atoms with Crippen molar-refractivity contribution < 1.29 is 23.8 Å². The average Bonchev–Trinajstić information content (AvgIpc) is 3.04. The summed E-state index contributed by atoms with van der Waals surface area (Å²) in [5.74, 6) is -1.95. The molecule has 0 saturated carbocycles. The monoisotopic (exact) mass is 319 g/mol. The summed E-state index contributed by atoms with van der Waals surface area (Å²) >= 11 is 0. The molecule has 23 heavy (non-hydrogen) atoms. The first-order valence-corrected chi connectivity index (χ1v) is 6.99. The van der Waals surface area contributed by atoms with Crippen LogP contribution in [0.4, 0.5) is 4.39 Å². The van der Waals surface area contributed by atoms with Crippen molar-refractivity contribution in [3.05, 3.63) is 48.0 Å². The van der Waals surface area contributed by atoms with E-state index in [4.69, 9.17) is 4.74 Å². The lowest BCUT2D eigenvalue weighted by atomic mass is 10.2. The fourth-order valence-corrected chi connectivity index (χ4v) is 2.37. The molecule has 2 heterocycles. The van der Waals surface area contributed by atoms with Gasteiger partial charge in [0.05, 0.1) is 18.9 Å². The summed E-state index contributed by atoms with van der Waals surface area (Å²) in [6, 6.07) is 6.13. The fraction of sp³-hybridized carbons (Fsp3) is 0.267. The van der Waals surface area contributed by atoms with Gasteiger partial charge in [0, 0.05) is 12.7 Å². The maximum atomic E-state index is 12.9. The first-order chi connectivity index (χ1) is 11.1. The number of morpholine rings is 1. The third-order valence-corrected chi connectivity index (χ3v) is 3.57. The van der Waals surface area contributed by atoms with Gasteiger partial charge < -0.3 is 14.7 Å². The van der Waals surface area contributed by atoms with Crippen LogP contribution in [-0.2, 0) is 9.53 Å². The van der Waals surface area contributed by atoms with Crippen LogP contribution in [0.25, 0.3) is 5.69 Å². The molecule has 1 aromatic carbocycles. The number of nitrogens with zero attached hydrogens (tertiary/aromatic N) is 3. The summed E-state index contributed by atoms with van der Waals surface area (Å²) in [6.45, 7) is 0.438. The molecule has 8 heteroatoms. The molecule has 1 amide bonds. The number of rotatable bonds is 3. The van der Waals surface area contributed by atoms with E-state index in [9.17, 15) is 19.1 Å². The lowest BCUT2D eigenvalue weighted by molar-refractivity contribution is -0.147. The van der Waals surface area contributed by atoms with E-state index in [0.29, 0.717) is 5.69 Å². The zero-order valence-corrected chi connectivity index (χ0v) is 12.1. The molecule has 0 spiro atoms. The molecule has 1 aliphatic rings. The lowest BCUT2D eigenvalue weighted by Gasteiger charge is -2.32. The number of aromatic nitrogens is 2. The minimum Gasteiger partial charge on any atom is -0.480 e. The number of ether oxygens (including phenoxy) is 1. The molecular weight excluding hydrogens is 305 g/mol. The van der Waals surface area contributed by atoms with Crippen molar-refractivity contribution >= 4 is 11.9 Å². The number of halogens is 1. The zero-order valence-electron chi connectivity index (χ0n) is 12.1. The van der Waals surface area contributed by atoms with Gasteiger partial charge in [-0.2, -0.15) is 5.10 Å². The van der Waals surface area contributed by atoms with Gasteiger partial charge in [0.1, 0.15) is 5.82 Å². The summed E-state index contributed by atoms with van der Waals surface area (Å²) in [4.78, 5) is 24.9. The maximum Gasteiger partial charge on any atom is 0.328 e. The Morgan fingerprint density at radius 3 is 2.70 bits per heavy atom. The lowest BCUT2D eigenvalue weighted by Crippen LogP contribution is -2.52. The van der Waals surface area contributed by atoms with Crippen molar-refractivity contribution in [3.63, 3.8) is 0 Å². The summed E-state index contributed by atoms with van der Waals surface area (Å²) in [5.41, 5.74) is 0.727. The molecule has 3 rings (SSSR count). The number of carboxylic acid groups (broad SMARTS) is 1. The van der Waals surface area contributed by atoms with E-state index >= 15 is 0 Å². The molecule has 1 aromatic heterocycles. The topological polar surface area (TPSA) is 84.7 Å². The highest BCUT2D eigenvalue weighted by molar-refractivity contribution is 5.95. The number of aliphatic carboxylic acids is 1. The van der Waals surface area contributed by atoms with Crippen LogP contribution >= 0.6 is 0 Å². The Morgan fingerprint density at radius 1 is 1.26 bits per heavy atom. The Kier molecular flexibility index (Phi) is 4.07. The first kappa shape index (κ1) is 15.2. The van der Waals surface area contributed by atoms with Gasteiger partial charge in [-0.05, 0) is 30.3 Å². The molecule has 1 atom stereocenters. The molecule has 1 saturated heterocycles. The molecule has 0 unspecified atom stereocenters. The number of carboxylic acids is 1. The van der Waals surface area contributed by atoms with Crippen LogP contribution in [0.5, 0.6) is 0 Å². The standard InChI is InChI=1S/C15H14FN3O4/c16-10-1-3-11(4-2-10)19-6-5-12(17-19)14(20)18-7-8-23-9-13(18)15(21)22/h1-6,13H,7-9H2,(H,21,22)/t13-/m1/s1. The minimum atomic E-state index is -1.11. The second kappa shape index (κ2) is 6.17. The van der Waals surface area contributed by atoms with Gasteiger partial charge >= 0.3 is 5.97 Å². The fourth-order valence-electron chi connectivity index (χ4n) is 2.37. The number of hydrogen-bond acceptors (Lipinski definition) is 4. The van der Waals surface area contributed by atoms with E-state index in [1.54, 1.807) is 6.20 Å². The maximum absolute atomic E-state index is 12.9. The minimum absolute atomic E-state index is 0.0419. The predicted octanol–water partition coefficient (Wildman–Crippen LogP) is 0.937. The Bertz CT molecular complexity index is 729. The molecule has 2 aromatic rings. The van der Waals surface area contributed by atoms with Crippen molar-refractivity contribution in [3.8, 4) is 5.69 Å². The first-order valence-electron chi connectivity index (χ1n) is 6.99. The number of carbonyl (C=O) groups excluding carboxylic acids is 1. The van der Waals surface area contributed by atoms with Gasteiger partial charge in [0.15, 0.2) is 11.7 Å². The molecular formula is C15H14FN3O4. The van der Waals surface area contributed by atoms with Gasteiger partial charge in [0.25, 0.3) is 5.91 Å². The third-order valence-electron chi connectivity index (χ3n) is 3.57. The molecule has 7 nitrogen and oxygen atoms in total. The number of amides is 1. The van der Waals surface area contributed by atoms with E-state index in [1.165, 1.54) is 39.9 Å². The molecule has 1 N–H and O–H groups in total. The molecule has 0 radical (unpaired) electrons. The smallest absolute Gasteiger partial charge is 0.328 e. The van der Waals surface area contributed by atoms with Crippen LogP contribution in [0.15, 0.2) is 36.5 Å². The van der Waals surface area contributed by atoms with Gasteiger partial charge in [-0.3, -0.25) is 4.79 Å². The van der Waals surface area contributed by atoms with Gasteiger partial charge in [-0.25, -0.2) is 13.9 Å². The molecule has 0 bridgehead atoms. The Balaban J connectivity index is 1.83. The molecule has 120 valence electrons. The zero-order chi connectivity index (χ0) is 16.4. The highest BCUT2D eigenvalue weighted by atomic mass is 19.1. The summed E-state index contributed by atoms with van der Waals surface area (Å²) < 4.78 is 19.5. The molecule has 1 aliphatic heterocycles. The normalized spacial score (nSPS) is 18.0. The van der Waals surface area contributed by atoms with Crippen LogP contribution < -0.4 is 0 Å². The summed E-state index contributed by atoms with van der Waals surface area (Å²) in [5, 5.41) is 13.3. The second-order valence-electron chi connectivity index (χ2n) is 5.05. The number of carbonyl (C=O) groups is 2. The van der Waals surface area contributed by atoms with Gasteiger partial charge in [-0.15, -0.1) is 0 Å². The van der Waals surface area contributed by atoms with Gasteiger partial charge in [0.2, 0.25) is 0 Å². The van der Waals surface area contributed by atoms with Crippen molar-refractivity contribution in [2.75, 3.05) is 19.8 Å². The van der Waals surface area contributed by atoms with E-state index in [1.807, 2.05) is 0 Å². The summed E-state index contributed by atoms with van der Waals surface area (Å²) in [7, 11) is 0. The predicted molar refractivity (Wildman–Crippen MR) is 76.8 cm³/mol. The third kappa shape index (κ3) is 3.07. The van der Waals surface area contributed by atoms with E-state index < -0.39 is 17.9 Å². The summed E-state index contributed by atoms with van der Waals surface area (Å²) in [6.07, 6.45) is 1.57. The Morgan fingerprint density at radius 2 is 2.00 bits per heavy atom. The quantitative estimate of drug-likeness (QED) is 0.910. The number of hydrogen-bond donors (Lipinski definition) is 1. The van der Waals surface area contributed by atoms with Crippen molar-refractivity contribution in [1.29, 1.82) is 0 Å². The Hall–Kier alpha value is -2.74. The van der Waals surface area contributed by atoms with Gasteiger partial charge in [-0.1, -0.05) is 0 Å². The number of benzene rings is 1. The van der Waals surface area contributed by atoms with Crippen LogP contribution in [0.1, 0.15) is 10.5 Å². The van der Waals surface area contributed by atoms with Crippen LogP contribution in [0, 0.1) is 5.82 Å². The van der Waals surface area contributed by atoms with Crippen molar-refractivity contribution in [1.82, 2.24) is 14.7 Å². The largest absolute Gasteiger partial charge is 0.480 e. The van der Waals surface area contributed by atoms with Crippen molar-refractivity contribution in [2.24, 2.45) is 0 Å². The average molecular weight is 319 g/mol. The Labute approximate surface area is 130 Å². The van der Waals surface area contributed by atoms with Crippen molar-refractivity contribution in [2.45, 2.75) is 6.04 Å². The van der Waals surface area contributed by atoms with E-state index in [-0.39, 0.29) is 31.3 Å². The highest BCUT2D eigenvalue weighted by Gasteiger charge is 2.34. The SMILES string of the molecule is O=C(O)[C@H]1COCCN1C(=O)c1ccn(-c2ccc(F)cc2)n1.